The summed E-state index contributed by atoms with van der Waals surface area (Å²) in [5.41, 5.74) is 0.743. The molecule has 1 aliphatic rings. The number of carboxylic acids is 1. The minimum absolute atomic E-state index is 0.118. The first-order valence-corrected chi connectivity index (χ1v) is 12.3. The molecule has 0 unspecified atom stereocenters. The minimum Gasteiger partial charge on any atom is -0.480 e. The Morgan fingerprint density at radius 2 is 1.84 bits per heavy atom. The second-order valence-electron chi connectivity index (χ2n) is 8.20. The first-order valence-electron chi connectivity index (χ1n) is 10.7. The number of benzene rings is 1. The molecule has 0 spiro atoms. The number of hydrogen-bond acceptors (Lipinski definition) is 7. The summed E-state index contributed by atoms with van der Waals surface area (Å²) in [4.78, 5) is 23.1. The molecule has 0 saturated carbocycles. The molecule has 1 saturated heterocycles. The lowest BCUT2D eigenvalue weighted by Crippen LogP contribution is -2.48. The maximum atomic E-state index is 12.3. The number of nitrogens with one attached hydrogen (secondary N) is 1. The SMILES string of the molecule is CCCS(=O)(=O)N1CCN(Cc2nc(N[C@H](C(=O)O)C(C)C)c3ccccc3n2)CC1. The van der Waals surface area contributed by atoms with E-state index < -0.39 is 22.0 Å². The van der Waals surface area contributed by atoms with Crippen molar-refractivity contribution in [2.24, 2.45) is 5.92 Å². The number of carboxylic acid groups (broad SMARTS) is 1. The van der Waals surface area contributed by atoms with Gasteiger partial charge in [0.1, 0.15) is 17.7 Å². The molecule has 0 bridgehead atoms. The van der Waals surface area contributed by atoms with Crippen molar-refractivity contribution < 1.29 is 18.3 Å². The number of aliphatic carboxylic acids is 1. The monoisotopic (exact) mass is 449 g/mol. The topological polar surface area (TPSA) is 116 Å². The molecule has 2 aromatic rings. The Balaban J connectivity index is 1.78. The molecule has 170 valence electrons. The van der Waals surface area contributed by atoms with Crippen LogP contribution in [0.2, 0.25) is 0 Å². The molecule has 2 heterocycles. The van der Waals surface area contributed by atoms with Gasteiger partial charge in [-0.05, 0) is 24.5 Å². The molecule has 1 aromatic carbocycles. The predicted molar refractivity (Wildman–Crippen MR) is 120 cm³/mol. The number of anilines is 1. The van der Waals surface area contributed by atoms with Crippen LogP contribution >= 0.6 is 0 Å². The average Bonchev–Trinajstić information content (AvgIpc) is 2.71. The normalized spacial score (nSPS) is 17.2. The fourth-order valence-electron chi connectivity index (χ4n) is 3.72. The lowest BCUT2D eigenvalue weighted by Gasteiger charge is -2.33. The van der Waals surface area contributed by atoms with Crippen LogP contribution in [0.15, 0.2) is 24.3 Å². The molecular formula is C21H31N5O4S. The number of rotatable bonds is 9. The van der Waals surface area contributed by atoms with Gasteiger partial charge in [0.05, 0.1) is 17.8 Å². The van der Waals surface area contributed by atoms with E-state index in [1.807, 2.05) is 45.0 Å². The van der Waals surface area contributed by atoms with Crippen molar-refractivity contribution in [2.45, 2.75) is 39.8 Å². The number of aromatic nitrogens is 2. The van der Waals surface area contributed by atoms with Gasteiger partial charge in [0, 0.05) is 31.6 Å². The number of hydrogen-bond donors (Lipinski definition) is 2. The third-order valence-electron chi connectivity index (χ3n) is 5.43. The molecule has 0 aliphatic carbocycles. The smallest absolute Gasteiger partial charge is 0.326 e. The molecular weight excluding hydrogens is 418 g/mol. The highest BCUT2D eigenvalue weighted by atomic mass is 32.2. The number of fused-ring (bicyclic) bond motifs is 1. The summed E-state index contributed by atoms with van der Waals surface area (Å²) in [6.07, 6.45) is 0.608. The maximum absolute atomic E-state index is 12.3. The van der Waals surface area contributed by atoms with Crippen LogP contribution in [0.1, 0.15) is 33.0 Å². The quantitative estimate of drug-likeness (QED) is 0.597. The van der Waals surface area contributed by atoms with Gasteiger partial charge in [-0.3, -0.25) is 4.90 Å². The Bertz CT molecular complexity index is 1020. The Morgan fingerprint density at radius 1 is 1.16 bits per heavy atom. The molecule has 3 rings (SSSR count). The minimum atomic E-state index is -3.19. The van der Waals surface area contributed by atoms with Crippen LogP contribution < -0.4 is 5.32 Å². The maximum Gasteiger partial charge on any atom is 0.326 e. The summed E-state index contributed by atoms with van der Waals surface area (Å²) in [7, 11) is -3.19. The Labute approximate surface area is 183 Å². The van der Waals surface area contributed by atoms with Gasteiger partial charge in [-0.2, -0.15) is 4.31 Å². The van der Waals surface area contributed by atoms with E-state index in [-0.39, 0.29) is 11.7 Å². The van der Waals surface area contributed by atoms with Crippen molar-refractivity contribution in [3.8, 4) is 0 Å². The van der Waals surface area contributed by atoms with Crippen molar-refractivity contribution in [1.82, 2.24) is 19.2 Å². The first-order chi connectivity index (χ1) is 14.7. The van der Waals surface area contributed by atoms with Crippen molar-refractivity contribution in [3.05, 3.63) is 30.1 Å². The largest absolute Gasteiger partial charge is 0.480 e. The number of carbonyl (C=O) groups is 1. The highest BCUT2D eigenvalue weighted by Crippen LogP contribution is 2.23. The zero-order valence-electron chi connectivity index (χ0n) is 18.3. The van der Waals surface area contributed by atoms with E-state index in [2.05, 4.69) is 20.2 Å². The highest BCUT2D eigenvalue weighted by Gasteiger charge is 2.27. The van der Waals surface area contributed by atoms with Crippen LogP contribution in [0, 0.1) is 5.92 Å². The Morgan fingerprint density at radius 3 is 2.45 bits per heavy atom. The second kappa shape index (κ2) is 9.88. The molecule has 9 nitrogen and oxygen atoms in total. The van der Waals surface area contributed by atoms with Gasteiger partial charge in [0.25, 0.3) is 0 Å². The van der Waals surface area contributed by atoms with Crippen molar-refractivity contribution in [1.29, 1.82) is 0 Å². The van der Waals surface area contributed by atoms with Crippen LogP contribution in [-0.4, -0.2) is 76.6 Å². The van der Waals surface area contributed by atoms with Gasteiger partial charge in [0.2, 0.25) is 10.0 Å². The average molecular weight is 450 g/mol. The lowest BCUT2D eigenvalue weighted by atomic mass is 10.0. The fraction of sp³-hybridized carbons (Fsp3) is 0.571. The number of nitrogens with zero attached hydrogens (tertiary/aromatic N) is 4. The highest BCUT2D eigenvalue weighted by molar-refractivity contribution is 7.89. The summed E-state index contributed by atoms with van der Waals surface area (Å²) in [6.45, 7) is 8.15. The molecule has 10 heteroatoms. The zero-order valence-corrected chi connectivity index (χ0v) is 19.1. The fourth-order valence-corrected chi connectivity index (χ4v) is 5.21. The zero-order chi connectivity index (χ0) is 22.6. The van der Waals surface area contributed by atoms with Crippen LogP contribution in [0.25, 0.3) is 10.9 Å². The van der Waals surface area contributed by atoms with Crippen LogP contribution in [0.5, 0.6) is 0 Å². The summed E-state index contributed by atoms with van der Waals surface area (Å²) in [5.74, 6) is 0.220. The van der Waals surface area contributed by atoms with Gasteiger partial charge >= 0.3 is 5.97 Å². The molecule has 2 N–H and O–H groups in total. The molecule has 1 fully saturated rings. The van der Waals surface area contributed by atoms with E-state index in [1.165, 1.54) is 0 Å². The summed E-state index contributed by atoms with van der Waals surface area (Å²) < 4.78 is 26.1. The van der Waals surface area contributed by atoms with Crippen LogP contribution in [0.4, 0.5) is 5.82 Å². The lowest BCUT2D eigenvalue weighted by molar-refractivity contribution is -0.138. The summed E-state index contributed by atoms with van der Waals surface area (Å²) >= 11 is 0. The number of para-hydroxylation sites is 1. The van der Waals surface area contributed by atoms with Crippen LogP contribution in [-0.2, 0) is 21.4 Å². The number of sulfonamides is 1. The molecule has 1 atom stereocenters. The van der Waals surface area contributed by atoms with E-state index in [9.17, 15) is 18.3 Å². The molecule has 1 aromatic heterocycles. The van der Waals surface area contributed by atoms with E-state index >= 15 is 0 Å². The predicted octanol–water partition coefficient (Wildman–Crippen LogP) is 2.01. The molecule has 31 heavy (non-hydrogen) atoms. The molecule has 1 aliphatic heterocycles. The standard InChI is InChI=1S/C21H31N5O4S/c1-4-13-31(29,30)26-11-9-25(10-12-26)14-18-22-17-8-6-5-7-16(17)20(23-18)24-19(15(2)3)21(27)28/h5-8,15,19H,4,9-14H2,1-3H3,(H,27,28)(H,22,23,24)/t19-/m0/s1. The van der Waals surface area contributed by atoms with Crippen molar-refractivity contribution in [3.63, 3.8) is 0 Å². The third kappa shape index (κ3) is 5.69. The van der Waals surface area contributed by atoms with E-state index in [0.29, 0.717) is 50.8 Å². The second-order valence-corrected chi connectivity index (χ2v) is 10.3. The third-order valence-corrected chi connectivity index (χ3v) is 7.50. The van der Waals surface area contributed by atoms with Crippen molar-refractivity contribution in [2.75, 3.05) is 37.2 Å². The van der Waals surface area contributed by atoms with E-state index in [1.54, 1.807) is 4.31 Å². The first kappa shape index (κ1) is 23.4. The van der Waals surface area contributed by atoms with Gasteiger partial charge in [0.15, 0.2) is 0 Å². The van der Waals surface area contributed by atoms with Gasteiger partial charge < -0.3 is 10.4 Å². The molecule has 0 radical (unpaired) electrons. The van der Waals surface area contributed by atoms with Gasteiger partial charge in [-0.1, -0.05) is 32.9 Å². The van der Waals surface area contributed by atoms with Gasteiger partial charge in [-0.15, -0.1) is 0 Å². The van der Waals surface area contributed by atoms with Crippen molar-refractivity contribution >= 4 is 32.7 Å². The Hall–Kier alpha value is -2.30. The van der Waals surface area contributed by atoms with E-state index in [4.69, 9.17) is 0 Å². The Kier molecular flexibility index (Phi) is 7.45. The summed E-state index contributed by atoms with van der Waals surface area (Å²) in [5, 5.41) is 13.4. The summed E-state index contributed by atoms with van der Waals surface area (Å²) in [6, 6.07) is 6.75. The van der Waals surface area contributed by atoms with E-state index in [0.717, 1.165) is 10.9 Å². The van der Waals surface area contributed by atoms with Crippen LogP contribution in [0.3, 0.4) is 0 Å². The van der Waals surface area contributed by atoms with Gasteiger partial charge in [-0.25, -0.2) is 23.2 Å². The molecule has 0 amide bonds. The number of piperazine rings is 1.